The van der Waals surface area contributed by atoms with Crippen molar-refractivity contribution in [1.29, 1.82) is 0 Å². The molecule has 0 spiro atoms. The summed E-state index contributed by atoms with van der Waals surface area (Å²) in [6.45, 7) is 5.34. The molecule has 5 rings (SSSR count). The minimum absolute atomic E-state index is 0.00467. The second-order valence-corrected chi connectivity index (χ2v) is 8.80. The fraction of sp³-hybridized carbons (Fsp3) is 0.320. The number of likely N-dealkylation sites (tertiary alicyclic amines) is 1. The lowest BCUT2D eigenvalue weighted by Crippen LogP contribution is -2.32. The van der Waals surface area contributed by atoms with E-state index in [0.717, 1.165) is 40.7 Å². The van der Waals surface area contributed by atoms with Crippen LogP contribution in [0.25, 0.3) is 27.8 Å². The molecular formula is C25H26N4O3. The van der Waals surface area contributed by atoms with Gasteiger partial charge in [0, 0.05) is 30.8 Å². The van der Waals surface area contributed by atoms with Crippen molar-refractivity contribution in [3.8, 4) is 16.8 Å². The van der Waals surface area contributed by atoms with E-state index in [0.29, 0.717) is 24.7 Å². The number of aromatic amines is 1. The molecule has 2 aromatic heterocycles. The summed E-state index contributed by atoms with van der Waals surface area (Å²) >= 11 is 0. The van der Waals surface area contributed by atoms with Gasteiger partial charge in [-0.25, -0.2) is 14.5 Å². The first-order valence-corrected chi connectivity index (χ1v) is 11.0. The molecule has 1 saturated heterocycles. The van der Waals surface area contributed by atoms with Crippen molar-refractivity contribution < 1.29 is 9.21 Å². The van der Waals surface area contributed by atoms with Crippen LogP contribution in [0.15, 0.2) is 64.0 Å². The number of hydrogen-bond acceptors (Lipinski definition) is 4. The third-order valence-electron chi connectivity index (χ3n) is 6.22. The van der Waals surface area contributed by atoms with Gasteiger partial charge in [0.25, 0.3) is 0 Å². The number of benzene rings is 2. The summed E-state index contributed by atoms with van der Waals surface area (Å²) in [6.07, 6.45) is 3.27. The maximum Gasteiger partial charge on any atom is 0.347 e. The van der Waals surface area contributed by atoms with Crippen LogP contribution in [0.4, 0.5) is 0 Å². The molecule has 164 valence electrons. The van der Waals surface area contributed by atoms with Gasteiger partial charge in [-0.3, -0.25) is 4.79 Å². The summed E-state index contributed by atoms with van der Waals surface area (Å²) in [5.41, 5.74) is 3.54. The molecule has 1 fully saturated rings. The largest absolute Gasteiger partial charge is 0.464 e. The van der Waals surface area contributed by atoms with Crippen LogP contribution in [-0.2, 0) is 11.2 Å². The molecule has 0 saturated carbocycles. The Hall–Kier alpha value is -3.61. The van der Waals surface area contributed by atoms with Gasteiger partial charge in [-0.05, 0) is 53.8 Å². The monoisotopic (exact) mass is 430 g/mol. The quantitative estimate of drug-likeness (QED) is 0.518. The second-order valence-electron chi connectivity index (χ2n) is 8.80. The van der Waals surface area contributed by atoms with E-state index in [-0.39, 0.29) is 17.5 Å². The van der Waals surface area contributed by atoms with Gasteiger partial charge in [0.05, 0.1) is 12.0 Å². The van der Waals surface area contributed by atoms with Crippen LogP contribution < -0.4 is 5.69 Å². The fourth-order valence-electron chi connectivity index (χ4n) is 4.50. The molecule has 1 amide bonds. The van der Waals surface area contributed by atoms with Crippen LogP contribution in [0, 0.1) is 11.8 Å². The number of carbonyl (C=O) groups is 1. The lowest BCUT2D eigenvalue weighted by Gasteiger charge is -2.18. The molecule has 32 heavy (non-hydrogen) atoms. The third kappa shape index (κ3) is 3.75. The SMILES string of the molecule is CC(C)C(=O)N1CC[C@@H](Cc2n[nH]c(=O)n2-c2ccc(-c3ccc4occc4c3)cc2)C1. The van der Waals surface area contributed by atoms with Gasteiger partial charge in [0.15, 0.2) is 0 Å². The molecule has 1 aliphatic rings. The Balaban J connectivity index is 1.36. The minimum atomic E-state index is -0.249. The Morgan fingerprint density at radius 1 is 1.16 bits per heavy atom. The van der Waals surface area contributed by atoms with E-state index in [1.807, 2.05) is 61.2 Å². The number of aromatic nitrogens is 3. The number of fused-ring (bicyclic) bond motifs is 1. The maximum atomic E-state index is 12.5. The molecule has 7 nitrogen and oxygen atoms in total. The van der Waals surface area contributed by atoms with Crippen molar-refractivity contribution >= 4 is 16.9 Å². The molecule has 1 aliphatic heterocycles. The van der Waals surface area contributed by atoms with E-state index in [1.54, 1.807) is 10.8 Å². The summed E-state index contributed by atoms with van der Waals surface area (Å²) in [4.78, 5) is 26.7. The highest BCUT2D eigenvalue weighted by molar-refractivity contribution is 5.83. The highest BCUT2D eigenvalue weighted by Gasteiger charge is 2.29. The first-order chi connectivity index (χ1) is 15.5. The van der Waals surface area contributed by atoms with Crippen molar-refractivity contribution in [3.05, 3.63) is 71.1 Å². The van der Waals surface area contributed by atoms with E-state index in [1.165, 1.54) is 0 Å². The lowest BCUT2D eigenvalue weighted by molar-refractivity contribution is -0.133. The molecule has 2 aromatic carbocycles. The highest BCUT2D eigenvalue weighted by atomic mass is 16.3. The van der Waals surface area contributed by atoms with Crippen LogP contribution in [0.1, 0.15) is 26.1 Å². The zero-order valence-corrected chi connectivity index (χ0v) is 18.2. The molecule has 0 unspecified atom stereocenters. The average molecular weight is 431 g/mol. The van der Waals surface area contributed by atoms with Gasteiger partial charge in [-0.2, -0.15) is 5.10 Å². The molecule has 0 aliphatic carbocycles. The zero-order chi connectivity index (χ0) is 22.2. The van der Waals surface area contributed by atoms with Crippen LogP contribution in [-0.4, -0.2) is 38.7 Å². The number of furan rings is 1. The Bertz CT molecular complexity index is 1310. The Kier molecular flexibility index (Phi) is 5.17. The van der Waals surface area contributed by atoms with Crippen molar-refractivity contribution in [1.82, 2.24) is 19.7 Å². The summed E-state index contributed by atoms with van der Waals surface area (Å²) in [5, 5.41) is 7.93. The summed E-state index contributed by atoms with van der Waals surface area (Å²) in [5.74, 6) is 1.19. The van der Waals surface area contributed by atoms with Crippen molar-refractivity contribution in [2.75, 3.05) is 13.1 Å². The molecule has 7 heteroatoms. The van der Waals surface area contributed by atoms with Crippen LogP contribution >= 0.6 is 0 Å². The van der Waals surface area contributed by atoms with Crippen molar-refractivity contribution in [2.45, 2.75) is 26.7 Å². The lowest BCUT2D eigenvalue weighted by atomic mass is 10.0. The van der Waals surface area contributed by atoms with E-state index >= 15 is 0 Å². The number of nitrogens with zero attached hydrogens (tertiary/aromatic N) is 3. The van der Waals surface area contributed by atoms with E-state index < -0.39 is 0 Å². The summed E-state index contributed by atoms with van der Waals surface area (Å²) in [6, 6.07) is 15.9. The van der Waals surface area contributed by atoms with Crippen LogP contribution in [0.2, 0.25) is 0 Å². The molecule has 4 aromatic rings. The fourth-order valence-corrected chi connectivity index (χ4v) is 4.50. The molecule has 0 radical (unpaired) electrons. The number of amides is 1. The topological polar surface area (TPSA) is 84.1 Å². The van der Waals surface area contributed by atoms with Gasteiger partial charge >= 0.3 is 5.69 Å². The van der Waals surface area contributed by atoms with Gasteiger partial charge in [-0.1, -0.05) is 32.0 Å². The zero-order valence-electron chi connectivity index (χ0n) is 18.2. The summed E-state index contributed by atoms with van der Waals surface area (Å²) in [7, 11) is 0. The van der Waals surface area contributed by atoms with Crippen LogP contribution in [0.5, 0.6) is 0 Å². The third-order valence-corrected chi connectivity index (χ3v) is 6.22. The predicted octanol–water partition coefficient (Wildman–Crippen LogP) is 4.02. The Morgan fingerprint density at radius 2 is 1.94 bits per heavy atom. The summed E-state index contributed by atoms with van der Waals surface area (Å²) < 4.78 is 7.05. The van der Waals surface area contributed by atoms with Gasteiger partial charge < -0.3 is 9.32 Å². The second kappa shape index (κ2) is 8.15. The van der Waals surface area contributed by atoms with Crippen LogP contribution in [0.3, 0.4) is 0 Å². The van der Waals surface area contributed by atoms with E-state index in [2.05, 4.69) is 16.3 Å². The molecular weight excluding hydrogens is 404 g/mol. The average Bonchev–Trinajstić information content (AvgIpc) is 3.53. The standard InChI is InChI=1S/C25H26N4O3/c1-16(2)24(30)28-11-9-17(15-28)13-23-26-27-25(31)29(23)21-6-3-18(4-7-21)19-5-8-22-20(14-19)10-12-32-22/h3-8,10,12,14,16-17H,9,11,13,15H2,1-2H3,(H,27,31)/t17-/m0/s1. The van der Waals surface area contributed by atoms with Crippen molar-refractivity contribution in [3.63, 3.8) is 0 Å². The van der Waals surface area contributed by atoms with Gasteiger partial charge in [-0.15, -0.1) is 0 Å². The number of carbonyl (C=O) groups excluding carboxylic acids is 1. The number of H-pyrrole nitrogens is 1. The Labute approximate surface area is 185 Å². The number of rotatable bonds is 5. The maximum absolute atomic E-state index is 12.5. The number of hydrogen-bond donors (Lipinski definition) is 1. The van der Waals surface area contributed by atoms with Crippen molar-refractivity contribution in [2.24, 2.45) is 11.8 Å². The molecule has 1 atom stereocenters. The Morgan fingerprint density at radius 3 is 2.72 bits per heavy atom. The number of nitrogens with one attached hydrogen (secondary N) is 1. The molecule has 3 heterocycles. The smallest absolute Gasteiger partial charge is 0.347 e. The molecule has 0 bridgehead atoms. The highest BCUT2D eigenvalue weighted by Crippen LogP contribution is 2.27. The minimum Gasteiger partial charge on any atom is -0.464 e. The van der Waals surface area contributed by atoms with E-state index in [4.69, 9.17) is 4.42 Å². The predicted molar refractivity (Wildman–Crippen MR) is 123 cm³/mol. The molecule has 1 N–H and O–H groups in total. The first kappa shape index (κ1) is 20.3. The van der Waals surface area contributed by atoms with Gasteiger partial charge in [0.2, 0.25) is 5.91 Å². The van der Waals surface area contributed by atoms with Gasteiger partial charge in [0.1, 0.15) is 11.4 Å². The normalized spacial score (nSPS) is 16.3. The first-order valence-electron chi connectivity index (χ1n) is 11.0. The van der Waals surface area contributed by atoms with E-state index in [9.17, 15) is 9.59 Å².